The van der Waals surface area contributed by atoms with Crippen LogP contribution in [0.4, 0.5) is 0 Å². The van der Waals surface area contributed by atoms with Crippen molar-refractivity contribution in [3.8, 4) is 0 Å². The standard InChI is InChI=1S/C27H25N5O3S/c1-19-8-2-3-11-22(19)26(27(34)28-16-20-9-6-14-35-20)31(17-21-10-7-15-36-21)25(33)18-32-24-13-5-4-12-23(24)29-30-32/h2-15,26H,16-18H2,1H3,(H,28,34)/t26-/m0/s1. The lowest BCUT2D eigenvalue weighted by atomic mass is 9.98. The largest absolute Gasteiger partial charge is 0.467 e. The van der Waals surface area contributed by atoms with Gasteiger partial charge in [0.05, 0.1) is 24.9 Å². The van der Waals surface area contributed by atoms with Gasteiger partial charge in [-0.2, -0.15) is 0 Å². The molecule has 0 saturated heterocycles. The highest BCUT2D eigenvalue weighted by Gasteiger charge is 2.33. The number of benzene rings is 2. The third-order valence-corrected chi connectivity index (χ3v) is 6.85. The number of carbonyl (C=O) groups excluding carboxylic acids is 2. The van der Waals surface area contributed by atoms with Crippen LogP contribution in [0.5, 0.6) is 0 Å². The lowest BCUT2D eigenvalue weighted by Gasteiger charge is -2.32. The van der Waals surface area contributed by atoms with E-state index in [1.165, 1.54) is 0 Å². The third-order valence-electron chi connectivity index (χ3n) is 5.99. The fourth-order valence-electron chi connectivity index (χ4n) is 4.18. The molecule has 0 unspecified atom stereocenters. The Morgan fingerprint density at radius 2 is 1.89 bits per heavy atom. The van der Waals surface area contributed by atoms with Gasteiger partial charge in [0.2, 0.25) is 11.8 Å². The van der Waals surface area contributed by atoms with E-state index < -0.39 is 6.04 Å². The number of nitrogens with one attached hydrogen (secondary N) is 1. The molecule has 182 valence electrons. The molecule has 2 aromatic carbocycles. The van der Waals surface area contributed by atoms with Crippen molar-refractivity contribution in [1.82, 2.24) is 25.2 Å². The van der Waals surface area contributed by atoms with Crippen LogP contribution in [0.15, 0.2) is 88.9 Å². The highest BCUT2D eigenvalue weighted by Crippen LogP contribution is 2.28. The van der Waals surface area contributed by atoms with Gasteiger partial charge in [-0.3, -0.25) is 9.59 Å². The van der Waals surface area contributed by atoms with E-state index in [4.69, 9.17) is 4.42 Å². The van der Waals surface area contributed by atoms with Crippen LogP contribution in [0.2, 0.25) is 0 Å². The molecular weight excluding hydrogens is 474 g/mol. The summed E-state index contributed by atoms with van der Waals surface area (Å²) in [5.41, 5.74) is 3.16. The number of fused-ring (bicyclic) bond motifs is 1. The van der Waals surface area contributed by atoms with E-state index in [2.05, 4.69) is 15.6 Å². The third kappa shape index (κ3) is 5.06. The Morgan fingerprint density at radius 3 is 2.67 bits per heavy atom. The highest BCUT2D eigenvalue weighted by molar-refractivity contribution is 7.09. The molecule has 1 N–H and O–H groups in total. The van der Waals surface area contributed by atoms with Gasteiger partial charge in [0.15, 0.2) is 0 Å². The number of amides is 2. The summed E-state index contributed by atoms with van der Waals surface area (Å²) in [6, 6.07) is 21.8. The molecule has 8 nitrogen and oxygen atoms in total. The minimum atomic E-state index is -0.842. The zero-order valence-electron chi connectivity index (χ0n) is 19.7. The van der Waals surface area contributed by atoms with Crippen LogP contribution in [-0.2, 0) is 29.2 Å². The second-order valence-electron chi connectivity index (χ2n) is 8.39. The van der Waals surface area contributed by atoms with Crippen molar-refractivity contribution in [2.24, 2.45) is 0 Å². The minimum Gasteiger partial charge on any atom is -0.467 e. The monoisotopic (exact) mass is 499 g/mol. The van der Waals surface area contributed by atoms with E-state index in [9.17, 15) is 9.59 Å². The topological polar surface area (TPSA) is 93.3 Å². The van der Waals surface area contributed by atoms with Gasteiger partial charge >= 0.3 is 0 Å². The quantitative estimate of drug-likeness (QED) is 0.323. The lowest BCUT2D eigenvalue weighted by molar-refractivity contribution is -0.142. The zero-order chi connectivity index (χ0) is 24.9. The van der Waals surface area contributed by atoms with E-state index in [0.29, 0.717) is 11.3 Å². The molecule has 1 atom stereocenters. The predicted octanol–water partition coefficient (Wildman–Crippen LogP) is 4.48. The summed E-state index contributed by atoms with van der Waals surface area (Å²) in [7, 11) is 0. The summed E-state index contributed by atoms with van der Waals surface area (Å²) >= 11 is 1.54. The number of nitrogens with zero attached hydrogens (tertiary/aromatic N) is 4. The molecule has 0 spiro atoms. The smallest absolute Gasteiger partial charge is 0.247 e. The summed E-state index contributed by atoms with van der Waals surface area (Å²) in [5.74, 6) is 0.117. The van der Waals surface area contributed by atoms with Crippen molar-refractivity contribution in [2.45, 2.75) is 32.6 Å². The number of para-hydroxylation sites is 1. The van der Waals surface area contributed by atoms with Crippen molar-refractivity contribution < 1.29 is 14.0 Å². The van der Waals surface area contributed by atoms with Crippen LogP contribution in [-0.4, -0.2) is 31.7 Å². The van der Waals surface area contributed by atoms with Gasteiger partial charge in [0, 0.05) is 4.88 Å². The van der Waals surface area contributed by atoms with E-state index in [0.717, 1.165) is 21.5 Å². The number of furan rings is 1. The van der Waals surface area contributed by atoms with Crippen LogP contribution in [0.3, 0.4) is 0 Å². The van der Waals surface area contributed by atoms with Crippen molar-refractivity contribution in [2.75, 3.05) is 0 Å². The Bertz CT molecular complexity index is 1460. The van der Waals surface area contributed by atoms with Crippen molar-refractivity contribution in [3.63, 3.8) is 0 Å². The summed E-state index contributed by atoms with van der Waals surface area (Å²) in [4.78, 5) is 30.2. The molecule has 0 aliphatic heterocycles. The van der Waals surface area contributed by atoms with Crippen molar-refractivity contribution >= 4 is 34.2 Å². The average Bonchev–Trinajstić information content (AvgIpc) is 3.67. The number of thiophene rings is 1. The number of aromatic nitrogens is 3. The van der Waals surface area contributed by atoms with Crippen LogP contribution in [0.25, 0.3) is 11.0 Å². The molecule has 0 bridgehead atoms. The Kier molecular flexibility index (Phi) is 6.90. The lowest BCUT2D eigenvalue weighted by Crippen LogP contribution is -2.44. The number of hydrogen-bond acceptors (Lipinski definition) is 6. The Morgan fingerprint density at radius 1 is 1.06 bits per heavy atom. The maximum absolute atomic E-state index is 13.9. The van der Waals surface area contributed by atoms with Crippen LogP contribution in [0.1, 0.15) is 27.8 Å². The molecule has 3 heterocycles. The number of rotatable bonds is 9. The predicted molar refractivity (Wildman–Crippen MR) is 137 cm³/mol. The second kappa shape index (κ2) is 10.6. The fourth-order valence-corrected chi connectivity index (χ4v) is 4.88. The Hall–Kier alpha value is -4.24. The van der Waals surface area contributed by atoms with Crippen LogP contribution in [0, 0.1) is 6.92 Å². The Balaban J connectivity index is 1.51. The molecule has 2 amide bonds. The summed E-state index contributed by atoms with van der Waals surface area (Å²) in [6.07, 6.45) is 1.56. The number of aryl methyl sites for hydroxylation is 1. The highest BCUT2D eigenvalue weighted by atomic mass is 32.1. The Labute approximate surface area is 212 Å². The van der Waals surface area contributed by atoms with Gasteiger partial charge in [-0.05, 0) is 53.8 Å². The number of carbonyl (C=O) groups is 2. The molecule has 0 fully saturated rings. The summed E-state index contributed by atoms with van der Waals surface area (Å²) in [5, 5.41) is 13.3. The molecule has 9 heteroatoms. The normalized spacial score (nSPS) is 11.9. The summed E-state index contributed by atoms with van der Waals surface area (Å²) in [6.45, 7) is 2.42. The van der Waals surface area contributed by atoms with Crippen molar-refractivity contribution in [1.29, 1.82) is 0 Å². The van der Waals surface area contributed by atoms with Crippen LogP contribution >= 0.6 is 11.3 Å². The second-order valence-corrected chi connectivity index (χ2v) is 9.43. The van der Waals surface area contributed by atoms with E-state index in [1.54, 1.807) is 39.3 Å². The first-order chi connectivity index (χ1) is 17.6. The molecule has 0 radical (unpaired) electrons. The van der Waals surface area contributed by atoms with Crippen LogP contribution < -0.4 is 5.32 Å². The minimum absolute atomic E-state index is 0.0419. The molecule has 0 aliphatic carbocycles. The maximum Gasteiger partial charge on any atom is 0.247 e. The maximum atomic E-state index is 13.9. The molecule has 5 aromatic rings. The van der Waals surface area contributed by atoms with E-state index >= 15 is 0 Å². The zero-order valence-corrected chi connectivity index (χ0v) is 20.5. The van der Waals surface area contributed by atoms with E-state index in [1.807, 2.05) is 73.0 Å². The van der Waals surface area contributed by atoms with Gasteiger partial charge in [0.1, 0.15) is 23.9 Å². The van der Waals surface area contributed by atoms with Gasteiger partial charge in [-0.15, -0.1) is 16.4 Å². The molecule has 36 heavy (non-hydrogen) atoms. The van der Waals surface area contributed by atoms with E-state index in [-0.39, 0.29) is 31.4 Å². The number of hydrogen-bond donors (Lipinski definition) is 1. The van der Waals surface area contributed by atoms with Gasteiger partial charge in [0.25, 0.3) is 0 Å². The molecule has 5 rings (SSSR count). The molecule has 0 saturated carbocycles. The van der Waals surface area contributed by atoms with Crippen molar-refractivity contribution in [3.05, 3.63) is 106 Å². The first kappa shape index (κ1) is 23.5. The van der Waals surface area contributed by atoms with Gasteiger partial charge in [-0.1, -0.05) is 47.7 Å². The summed E-state index contributed by atoms with van der Waals surface area (Å²) < 4.78 is 6.96. The molecular formula is C27H25N5O3S. The van der Waals surface area contributed by atoms with Gasteiger partial charge in [-0.25, -0.2) is 4.68 Å². The van der Waals surface area contributed by atoms with Gasteiger partial charge < -0.3 is 14.6 Å². The first-order valence-corrected chi connectivity index (χ1v) is 12.4. The molecule has 0 aliphatic rings. The molecule has 3 aromatic heterocycles. The average molecular weight is 500 g/mol. The SMILES string of the molecule is Cc1ccccc1[C@@H](C(=O)NCc1ccco1)N(Cc1cccs1)C(=O)Cn1nnc2ccccc21. The fraction of sp³-hybridized carbons (Fsp3) is 0.185. The first-order valence-electron chi connectivity index (χ1n) is 11.6.